The number of hydrogen-bond acceptors (Lipinski definition) is 6. The average molecular weight is 634 g/mol. The Hall–Kier alpha value is -4.25. The highest BCUT2D eigenvalue weighted by atomic mass is 16.3. The minimum absolute atomic E-state index is 0.00864. The first-order chi connectivity index (χ1) is 22.2. The van der Waals surface area contributed by atoms with Crippen LogP contribution in [0.5, 0.6) is 0 Å². The number of likely N-dealkylation sites (N-methyl/N-ethyl adjacent to an activating group) is 1. The third-order valence-corrected chi connectivity index (χ3v) is 8.68. The van der Waals surface area contributed by atoms with E-state index in [9.17, 15) is 29.1 Å². The summed E-state index contributed by atoms with van der Waals surface area (Å²) in [4.78, 5) is 67.4. The van der Waals surface area contributed by atoms with Gasteiger partial charge in [-0.05, 0) is 49.7 Å². The molecule has 5 atom stereocenters. The normalized spacial score (nSPS) is 18.4. The van der Waals surface area contributed by atoms with Gasteiger partial charge in [0, 0.05) is 38.4 Å². The van der Waals surface area contributed by atoms with Gasteiger partial charge < -0.3 is 31.3 Å². The minimum atomic E-state index is -1.56. The van der Waals surface area contributed by atoms with E-state index in [1.165, 1.54) is 11.9 Å². The number of nitrogens with zero attached hydrogens (tertiary/aromatic N) is 1. The first-order valence-electron chi connectivity index (χ1n) is 16.4. The summed E-state index contributed by atoms with van der Waals surface area (Å²) in [5.41, 5.74) is 1.87. The molecule has 0 aromatic heterocycles. The molecule has 5 N–H and O–H groups in total. The molecule has 248 valence electrons. The first-order valence-corrected chi connectivity index (χ1v) is 16.4. The maximum Gasteiger partial charge on any atom is 0.251 e. The summed E-state index contributed by atoms with van der Waals surface area (Å²) >= 11 is 0. The summed E-state index contributed by atoms with van der Waals surface area (Å²) in [5, 5.41) is 22.3. The van der Waals surface area contributed by atoms with E-state index in [1.54, 1.807) is 0 Å². The molecule has 11 heteroatoms. The molecular weight excluding hydrogens is 586 g/mol. The molecule has 0 spiro atoms. The largest absolute Gasteiger partial charge is 0.381 e. The van der Waals surface area contributed by atoms with Crippen molar-refractivity contribution in [3.05, 3.63) is 71.8 Å². The number of amides is 5. The highest BCUT2D eigenvalue weighted by Gasteiger charge is 2.38. The molecule has 1 unspecified atom stereocenters. The number of hydrogen-bond donors (Lipinski definition) is 5. The van der Waals surface area contributed by atoms with E-state index in [2.05, 4.69) is 21.3 Å². The lowest BCUT2D eigenvalue weighted by Gasteiger charge is -2.33. The summed E-state index contributed by atoms with van der Waals surface area (Å²) in [7, 11) is 1.53. The Kier molecular flexibility index (Phi) is 12.7. The summed E-state index contributed by atoms with van der Waals surface area (Å²) in [5.74, 6) is -2.47. The van der Waals surface area contributed by atoms with Crippen molar-refractivity contribution in [3.8, 4) is 0 Å². The maximum atomic E-state index is 14.0. The van der Waals surface area contributed by atoms with Gasteiger partial charge in [0.15, 0.2) is 6.10 Å². The number of carbonyl (C=O) groups excluding carboxylic acids is 5. The molecule has 1 aliphatic heterocycles. The predicted molar refractivity (Wildman–Crippen MR) is 173 cm³/mol. The zero-order valence-electron chi connectivity index (χ0n) is 26.7. The maximum absolute atomic E-state index is 14.0. The summed E-state index contributed by atoms with van der Waals surface area (Å²) in [6.07, 6.45) is 2.56. The van der Waals surface area contributed by atoms with Crippen molar-refractivity contribution in [2.75, 3.05) is 13.6 Å². The van der Waals surface area contributed by atoms with Crippen LogP contribution in [-0.2, 0) is 36.8 Å². The van der Waals surface area contributed by atoms with E-state index in [1.807, 2.05) is 67.6 Å². The van der Waals surface area contributed by atoms with Crippen LogP contribution in [0.3, 0.4) is 0 Å². The zero-order valence-corrected chi connectivity index (χ0v) is 26.7. The van der Waals surface area contributed by atoms with E-state index >= 15 is 0 Å². The van der Waals surface area contributed by atoms with E-state index in [4.69, 9.17) is 0 Å². The molecule has 1 saturated heterocycles. The fourth-order valence-corrected chi connectivity index (χ4v) is 5.81. The smallest absolute Gasteiger partial charge is 0.251 e. The van der Waals surface area contributed by atoms with Crippen molar-refractivity contribution < 1.29 is 29.1 Å². The van der Waals surface area contributed by atoms with Crippen molar-refractivity contribution in [3.63, 3.8) is 0 Å². The van der Waals surface area contributed by atoms with Crippen molar-refractivity contribution in [2.24, 2.45) is 5.92 Å². The molecule has 11 nitrogen and oxygen atoms in total. The Labute approximate surface area is 270 Å². The summed E-state index contributed by atoms with van der Waals surface area (Å²) in [6.45, 7) is 2.38. The quantitative estimate of drug-likeness (QED) is 0.178. The lowest BCUT2D eigenvalue weighted by molar-refractivity contribution is -0.143. The van der Waals surface area contributed by atoms with Crippen LogP contribution in [0.15, 0.2) is 60.7 Å². The number of aliphatic hydroxyl groups excluding tert-OH is 1. The van der Waals surface area contributed by atoms with Gasteiger partial charge in [-0.3, -0.25) is 24.0 Å². The van der Waals surface area contributed by atoms with Crippen LogP contribution in [0.1, 0.15) is 63.0 Å². The van der Waals surface area contributed by atoms with Crippen LogP contribution in [0.2, 0.25) is 0 Å². The second-order valence-electron chi connectivity index (χ2n) is 12.4. The lowest BCUT2D eigenvalue weighted by atomic mass is 9.94. The molecule has 1 heterocycles. The third-order valence-electron chi connectivity index (χ3n) is 8.68. The van der Waals surface area contributed by atoms with Crippen molar-refractivity contribution >= 4 is 29.5 Å². The number of aryl methyl sites for hydroxylation is 1. The molecule has 2 aromatic carbocycles. The molecule has 0 radical (unpaired) electrons. The van der Waals surface area contributed by atoms with Crippen LogP contribution < -0.4 is 21.3 Å². The second-order valence-corrected chi connectivity index (χ2v) is 12.4. The van der Waals surface area contributed by atoms with Crippen LogP contribution in [0, 0.1) is 5.92 Å². The topological polar surface area (TPSA) is 157 Å². The molecular formula is C35H47N5O6. The van der Waals surface area contributed by atoms with Gasteiger partial charge in [-0.1, -0.05) is 74.0 Å². The van der Waals surface area contributed by atoms with Gasteiger partial charge in [-0.2, -0.15) is 0 Å². The van der Waals surface area contributed by atoms with Gasteiger partial charge in [0.2, 0.25) is 23.6 Å². The van der Waals surface area contributed by atoms with Gasteiger partial charge >= 0.3 is 0 Å². The van der Waals surface area contributed by atoms with E-state index in [0.717, 1.165) is 24.0 Å². The predicted octanol–water partition coefficient (Wildman–Crippen LogP) is 1.62. The molecule has 2 aromatic rings. The first kappa shape index (κ1) is 34.6. The van der Waals surface area contributed by atoms with Crippen LogP contribution >= 0.6 is 0 Å². The number of carbonyl (C=O) groups is 5. The van der Waals surface area contributed by atoms with Gasteiger partial charge in [0.05, 0.1) is 6.04 Å². The lowest BCUT2D eigenvalue weighted by Crippen LogP contribution is -2.58. The molecule has 2 aliphatic rings. The Morgan fingerprint density at radius 1 is 0.935 bits per heavy atom. The standard InChI is InChI=1S/C35H47N5O6/c1-3-10-29(33(44)39-27(22-25-19-20-36-32(25)43)31(42)34(45)37-26-16-17-26)40(2)35(46)28(21-24-13-8-5-9-14-24)38-30(41)18-15-23-11-6-4-7-12-23/h4-9,11-14,25-29,31,42H,3,10,15-22H2,1-2H3,(H,36,43)(H,37,45)(H,38,41)(H,39,44)/t25-,27-,28+,29-,31?/m0/s1. The SMILES string of the molecule is CCC[C@@H](C(=O)N[C@@H](C[C@@H]1CCNC1=O)C(O)C(=O)NC1CC1)N(C)C(=O)[C@@H](Cc1ccccc1)NC(=O)CCc1ccccc1. The highest BCUT2D eigenvalue weighted by Crippen LogP contribution is 2.22. The molecule has 0 bridgehead atoms. The van der Waals surface area contributed by atoms with Crippen LogP contribution in [-0.4, -0.2) is 83.4 Å². The Morgan fingerprint density at radius 2 is 1.59 bits per heavy atom. The fraction of sp³-hybridized carbons (Fsp3) is 0.514. The van der Waals surface area contributed by atoms with Gasteiger partial charge in [0.25, 0.3) is 5.91 Å². The van der Waals surface area contributed by atoms with E-state index < -0.39 is 47.9 Å². The molecule has 4 rings (SSSR count). The third kappa shape index (κ3) is 10.1. The fourth-order valence-electron chi connectivity index (χ4n) is 5.81. The van der Waals surface area contributed by atoms with Crippen LogP contribution in [0.25, 0.3) is 0 Å². The second kappa shape index (κ2) is 16.9. The number of aliphatic hydroxyl groups is 1. The molecule has 1 aliphatic carbocycles. The number of benzene rings is 2. The van der Waals surface area contributed by atoms with Gasteiger partial charge in [-0.25, -0.2) is 0 Å². The average Bonchev–Trinajstić information content (AvgIpc) is 3.79. The molecule has 46 heavy (non-hydrogen) atoms. The minimum Gasteiger partial charge on any atom is -0.381 e. The van der Waals surface area contributed by atoms with Crippen molar-refractivity contribution in [1.82, 2.24) is 26.2 Å². The van der Waals surface area contributed by atoms with Gasteiger partial charge in [-0.15, -0.1) is 0 Å². The molecule has 2 fully saturated rings. The Balaban J connectivity index is 1.48. The number of rotatable bonds is 17. The summed E-state index contributed by atoms with van der Waals surface area (Å²) in [6, 6.07) is 16.1. The number of nitrogens with one attached hydrogen (secondary N) is 4. The Bertz CT molecular complexity index is 1340. The zero-order chi connectivity index (χ0) is 33.1. The highest BCUT2D eigenvalue weighted by molar-refractivity contribution is 5.93. The van der Waals surface area contributed by atoms with E-state index in [-0.39, 0.29) is 37.1 Å². The molecule has 1 saturated carbocycles. The van der Waals surface area contributed by atoms with Crippen molar-refractivity contribution in [2.45, 2.75) is 95.0 Å². The van der Waals surface area contributed by atoms with Crippen LogP contribution in [0.4, 0.5) is 0 Å². The molecule has 5 amide bonds. The Morgan fingerprint density at radius 3 is 2.17 bits per heavy atom. The monoisotopic (exact) mass is 633 g/mol. The summed E-state index contributed by atoms with van der Waals surface area (Å²) < 4.78 is 0. The van der Waals surface area contributed by atoms with Gasteiger partial charge in [0.1, 0.15) is 12.1 Å². The van der Waals surface area contributed by atoms with Crippen molar-refractivity contribution in [1.29, 1.82) is 0 Å². The van der Waals surface area contributed by atoms with E-state index in [0.29, 0.717) is 32.2 Å².